The van der Waals surface area contributed by atoms with Crippen LogP contribution in [0.2, 0.25) is 0 Å². The Morgan fingerprint density at radius 2 is 1.95 bits per heavy atom. The van der Waals surface area contributed by atoms with Crippen molar-refractivity contribution in [3.63, 3.8) is 0 Å². The van der Waals surface area contributed by atoms with Gasteiger partial charge in [-0.25, -0.2) is 0 Å². The number of carbonyl (C=O) groups is 1. The van der Waals surface area contributed by atoms with Crippen LogP contribution in [0.4, 0.5) is 5.69 Å². The van der Waals surface area contributed by atoms with E-state index >= 15 is 0 Å². The standard InChI is InChI=1S/C15H22N2O2S/c1-2-3-4-10-19-11-9-14(18)17-13-7-5-12(6-8-13)15(16)20/h5-8H,2-4,9-11H2,1H3,(H2,16,20)(H,17,18). The van der Waals surface area contributed by atoms with Crippen LogP contribution in [0.25, 0.3) is 0 Å². The number of nitrogens with one attached hydrogen (secondary N) is 1. The highest BCUT2D eigenvalue weighted by atomic mass is 32.1. The van der Waals surface area contributed by atoms with E-state index in [1.54, 1.807) is 24.3 Å². The van der Waals surface area contributed by atoms with Crippen LogP contribution in [0.1, 0.15) is 38.2 Å². The minimum atomic E-state index is -0.0523. The molecular formula is C15H22N2O2S. The topological polar surface area (TPSA) is 64.3 Å². The molecule has 5 heteroatoms. The second kappa shape index (κ2) is 9.44. The Morgan fingerprint density at radius 1 is 1.25 bits per heavy atom. The average Bonchev–Trinajstić information content (AvgIpc) is 2.43. The van der Waals surface area contributed by atoms with Gasteiger partial charge < -0.3 is 15.8 Å². The Kier molecular flexibility index (Phi) is 7.84. The zero-order valence-electron chi connectivity index (χ0n) is 11.9. The van der Waals surface area contributed by atoms with Gasteiger partial charge >= 0.3 is 0 Å². The van der Waals surface area contributed by atoms with E-state index in [2.05, 4.69) is 12.2 Å². The first-order valence-electron chi connectivity index (χ1n) is 6.91. The number of nitrogens with two attached hydrogens (primary N) is 1. The molecule has 0 aromatic heterocycles. The normalized spacial score (nSPS) is 10.2. The van der Waals surface area contributed by atoms with Crippen LogP contribution >= 0.6 is 12.2 Å². The summed E-state index contributed by atoms with van der Waals surface area (Å²) in [4.78, 5) is 12.0. The molecular weight excluding hydrogens is 272 g/mol. The van der Waals surface area contributed by atoms with Crippen LogP contribution in [0.3, 0.4) is 0 Å². The fraction of sp³-hybridized carbons (Fsp3) is 0.467. The predicted octanol–water partition coefficient (Wildman–Crippen LogP) is 2.86. The number of thiocarbonyl (C=S) groups is 1. The van der Waals surface area contributed by atoms with Crippen LogP contribution in [0, 0.1) is 0 Å². The van der Waals surface area contributed by atoms with Crippen LogP contribution < -0.4 is 11.1 Å². The maximum absolute atomic E-state index is 11.7. The van der Waals surface area contributed by atoms with E-state index in [1.165, 1.54) is 12.8 Å². The Hall–Kier alpha value is -1.46. The van der Waals surface area contributed by atoms with Gasteiger partial charge in [0.25, 0.3) is 0 Å². The average molecular weight is 294 g/mol. The third kappa shape index (κ3) is 6.63. The molecule has 1 amide bonds. The quantitative estimate of drug-likeness (QED) is 0.543. The largest absolute Gasteiger partial charge is 0.389 e. The molecule has 0 aliphatic rings. The molecule has 110 valence electrons. The van der Waals surface area contributed by atoms with Gasteiger partial charge in [-0.2, -0.15) is 0 Å². The summed E-state index contributed by atoms with van der Waals surface area (Å²) < 4.78 is 5.40. The fourth-order valence-corrected chi connectivity index (χ4v) is 1.80. The molecule has 0 radical (unpaired) electrons. The Morgan fingerprint density at radius 3 is 2.55 bits per heavy atom. The molecule has 1 aromatic carbocycles. The highest BCUT2D eigenvalue weighted by Gasteiger charge is 2.03. The highest BCUT2D eigenvalue weighted by Crippen LogP contribution is 2.09. The molecule has 0 saturated heterocycles. The number of rotatable bonds is 9. The fourth-order valence-electron chi connectivity index (χ4n) is 1.66. The lowest BCUT2D eigenvalue weighted by Gasteiger charge is -2.07. The van der Waals surface area contributed by atoms with E-state index in [0.29, 0.717) is 18.0 Å². The predicted molar refractivity (Wildman–Crippen MR) is 85.9 cm³/mol. The first-order valence-corrected chi connectivity index (χ1v) is 7.31. The molecule has 1 aromatic rings. The molecule has 0 aliphatic carbocycles. The maximum Gasteiger partial charge on any atom is 0.226 e. The van der Waals surface area contributed by atoms with E-state index < -0.39 is 0 Å². The van der Waals surface area contributed by atoms with Crippen molar-refractivity contribution in [3.8, 4) is 0 Å². The third-order valence-corrected chi connectivity index (χ3v) is 3.05. The number of unbranched alkanes of at least 4 members (excludes halogenated alkanes) is 2. The van der Waals surface area contributed by atoms with Gasteiger partial charge in [0.15, 0.2) is 0 Å². The Labute approximate surface area is 125 Å². The van der Waals surface area contributed by atoms with E-state index in [1.807, 2.05) is 0 Å². The lowest BCUT2D eigenvalue weighted by molar-refractivity contribution is -0.117. The van der Waals surface area contributed by atoms with Crippen LogP contribution in [0.5, 0.6) is 0 Å². The zero-order valence-corrected chi connectivity index (χ0v) is 12.7. The second-order valence-corrected chi connectivity index (χ2v) is 5.00. The summed E-state index contributed by atoms with van der Waals surface area (Å²) in [6, 6.07) is 7.15. The van der Waals surface area contributed by atoms with Crippen molar-refractivity contribution in [2.24, 2.45) is 5.73 Å². The summed E-state index contributed by atoms with van der Waals surface area (Å²) in [5, 5.41) is 2.81. The van der Waals surface area contributed by atoms with Crippen molar-refractivity contribution < 1.29 is 9.53 Å². The summed E-state index contributed by atoms with van der Waals surface area (Å²) in [6.07, 6.45) is 3.76. The SMILES string of the molecule is CCCCCOCCC(=O)Nc1ccc(C(N)=S)cc1. The monoisotopic (exact) mass is 294 g/mol. The third-order valence-electron chi connectivity index (χ3n) is 2.82. The summed E-state index contributed by atoms with van der Waals surface area (Å²) in [5.74, 6) is -0.0523. The molecule has 3 N–H and O–H groups in total. The molecule has 4 nitrogen and oxygen atoms in total. The van der Waals surface area contributed by atoms with Gasteiger partial charge in [-0.05, 0) is 30.7 Å². The number of anilines is 1. The van der Waals surface area contributed by atoms with Crippen LogP contribution in [0.15, 0.2) is 24.3 Å². The molecule has 0 heterocycles. The first-order chi connectivity index (χ1) is 9.63. The van der Waals surface area contributed by atoms with Crippen LogP contribution in [-0.2, 0) is 9.53 Å². The van der Waals surface area contributed by atoms with Crippen molar-refractivity contribution in [2.45, 2.75) is 32.6 Å². The minimum Gasteiger partial charge on any atom is -0.389 e. The van der Waals surface area contributed by atoms with E-state index in [4.69, 9.17) is 22.7 Å². The summed E-state index contributed by atoms with van der Waals surface area (Å²) in [7, 11) is 0. The van der Waals surface area contributed by atoms with Gasteiger partial charge in [-0.1, -0.05) is 32.0 Å². The van der Waals surface area contributed by atoms with Crippen molar-refractivity contribution in [3.05, 3.63) is 29.8 Å². The van der Waals surface area contributed by atoms with Gasteiger partial charge in [0.2, 0.25) is 5.91 Å². The van der Waals surface area contributed by atoms with Crippen molar-refractivity contribution in [1.82, 2.24) is 0 Å². The molecule has 0 fully saturated rings. The number of amides is 1. The summed E-state index contributed by atoms with van der Waals surface area (Å²) in [6.45, 7) is 3.33. The van der Waals surface area contributed by atoms with Gasteiger partial charge in [0.05, 0.1) is 13.0 Å². The first kappa shape index (κ1) is 16.6. The van der Waals surface area contributed by atoms with E-state index in [0.717, 1.165) is 24.3 Å². The minimum absolute atomic E-state index is 0.0523. The van der Waals surface area contributed by atoms with Gasteiger partial charge in [-0.3, -0.25) is 4.79 Å². The van der Waals surface area contributed by atoms with Gasteiger partial charge in [0.1, 0.15) is 4.99 Å². The smallest absolute Gasteiger partial charge is 0.226 e. The molecule has 0 atom stereocenters. The second-order valence-electron chi connectivity index (χ2n) is 4.56. The molecule has 20 heavy (non-hydrogen) atoms. The van der Waals surface area contributed by atoms with Crippen molar-refractivity contribution in [2.75, 3.05) is 18.5 Å². The molecule has 0 spiro atoms. The summed E-state index contributed by atoms with van der Waals surface area (Å²) in [5.41, 5.74) is 7.03. The molecule has 0 unspecified atom stereocenters. The number of carbonyl (C=O) groups excluding carboxylic acids is 1. The molecule has 1 rings (SSSR count). The number of hydrogen-bond donors (Lipinski definition) is 2. The van der Waals surface area contributed by atoms with E-state index in [9.17, 15) is 4.79 Å². The number of benzene rings is 1. The van der Waals surface area contributed by atoms with Crippen molar-refractivity contribution in [1.29, 1.82) is 0 Å². The Bertz CT molecular complexity index is 432. The van der Waals surface area contributed by atoms with Gasteiger partial charge in [-0.15, -0.1) is 0 Å². The number of hydrogen-bond acceptors (Lipinski definition) is 3. The highest BCUT2D eigenvalue weighted by molar-refractivity contribution is 7.80. The zero-order chi connectivity index (χ0) is 14.8. The van der Waals surface area contributed by atoms with Crippen molar-refractivity contribution >= 4 is 28.8 Å². The summed E-state index contributed by atoms with van der Waals surface area (Å²) >= 11 is 4.87. The van der Waals surface area contributed by atoms with E-state index in [-0.39, 0.29) is 5.91 Å². The maximum atomic E-state index is 11.7. The lowest BCUT2D eigenvalue weighted by atomic mass is 10.2. The lowest BCUT2D eigenvalue weighted by Crippen LogP contribution is -2.15. The molecule has 0 saturated carbocycles. The molecule has 0 bridgehead atoms. The van der Waals surface area contributed by atoms with Crippen LogP contribution in [-0.4, -0.2) is 24.1 Å². The number of ether oxygens (including phenoxy) is 1. The Balaban J connectivity index is 2.23. The molecule has 0 aliphatic heterocycles. The van der Waals surface area contributed by atoms with Gasteiger partial charge in [0, 0.05) is 17.9 Å².